The lowest BCUT2D eigenvalue weighted by Crippen LogP contribution is -2.31. The van der Waals surface area contributed by atoms with Gasteiger partial charge in [-0.1, -0.05) is 48.5 Å². The van der Waals surface area contributed by atoms with Crippen molar-refractivity contribution in [1.82, 2.24) is 4.90 Å². The molecule has 0 aliphatic carbocycles. The van der Waals surface area contributed by atoms with Crippen molar-refractivity contribution in [3.05, 3.63) is 84.6 Å². The van der Waals surface area contributed by atoms with Gasteiger partial charge in [0.1, 0.15) is 5.75 Å². The first-order valence-corrected chi connectivity index (χ1v) is 8.07. The number of allylic oxidation sites excluding steroid dienone is 1. The van der Waals surface area contributed by atoms with E-state index in [4.69, 9.17) is 4.74 Å². The van der Waals surface area contributed by atoms with Crippen molar-refractivity contribution < 1.29 is 4.74 Å². The molecule has 1 atom stereocenters. The van der Waals surface area contributed by atoms with Crippen LogP contribution in [-0.4, -0.2) is 18.1 Å². The molecule has 1 aliphatic heterocycles. The number of rotatable bonds is 5. The Morgan fingerprint density at radius 1 is 1.13 bits per heavy atom. The Morgan fingerprint density at radius 3 is 2.52 bits per heavy atom. The Bertz CT molecular complexity index is 673. The molecule has 2 aromatic rings. The topological polar surface area (TPSA) is 12.5 Å². The van der Waals surface area contributed by atoms with E-state index >= 15 is 0 Å². The molecule has 3 rings (SSSR count). The van der Waals surface area contributed by atoms with Crippen molar-refractivity contribution >= 4 is 5.57 Å². The number of hydrogen-bond acceptors (Lipinski definition) is 2. The summed E-state index contributed by atoms with van der Waals surface area (Å²) in [6, 6.07) is 19.3. The molecule has 0 fully saturated rings. The highest BCUT2D eigenvalue weighted by molar-refractivity contribution is 5.66. The summed E-state index contributed by atoms with van der Waals surface area (Å²) in [6.07, 6.45) is 6.57. The molecule has 1 heterocycles. The van der Waals surface area contributed by atoms with Crippen molar-refractivity contribution in [3.8, 4) is 5.75 Å². The second-order valence-electron chi connectivity index (χ2n) is 5.88. The van der Waals surface area contributed by atoms with Crippen molar-refractivity contribution in [1.29, 1.82) is 0 Å². The third-order valence-corrected chi connectivity index (χ3v) is 4.40. The Morgan fingerprint density at radius 2 is 1.87 bits per heavy atom. The zero-order chi connectivity index (χ0) is 16.1. The van der Waals surface area contributed by atoms with E-state index in [1.807, 2.05) is 12.1 Å². The summed E-state index contributed by atoms with van der Waals surface area (Å²) >= 11 is 0. The van der Waals surface area contributed by atoms with Crippen LogP contribution < -0.4 is 4.74 Å². The quantitative estimate of drug-likeness (QED) is 0.729. The zero-order valence-electron chi connectivity index (χ0n) is 13.6. The zero-order valence-corrected chi connectivity index (χ0v) is 13.6. The smallest absolute Gasteiger partial charge is 0.118 e. The summed E-state index contributed by atoms with van der Waals surface area (Å²) in [4.78, 5) is 2.39. The van der Waals surface area contributed by atoms with Crippen molar-refractivity contribution in [2.24, 2.45) is 0 Å². The Hall–Kier alpha value is -2.48. The minimum absolute atomic E-state index is 0.393. The van der Waals surface area contributed by atoms with Gasteiger partial charge < -0.3 is 9.64 Å². The maximum atomic E-state index is 5.23. The van der Waals surface area contributed by atoms with Gasteiger partial charge in [-0.05, 0) is 41.7 Å². The third kappa shape index (κ3) is 3.65. The Kier molecular flexibility index (Phi) is 4.82. The fraction of sp³-hybridized carbons (Fsp3) is 0.238. The van der Waals surface area contributed by atoms with Crippen LogP contribution in [-0.2, 0) is 6.54 Å². The average Bonchev–Trinajstić information content (AvgIpc) is 2.63. The number of nitrogens with zero attached hydrogens (tertiary/aromatic N) is 1. The first-order chi connectivity index (χ1) is 11.3. The number of benzene rings is 2. The molecule has 0 saturated carbocycles. The van der Waals surface area contributed by atoms with E-state index in [1.165, 1.54) is 16.7 Å². The van der Waals surface area contributed by atoms with Gasteiger partial charge in [0.15, 0.2) is 0 Å². The second-order valence-corrected chi connectivity index (χ2v) is 5.88. The van der Waals surface area contributed by atoms with Gasteiger partial charge in [0.25, 0.3) is 0 Å². The maximum Gasteiger partial charge on any atom is 0.118 e. The van der Waals surface area contributed by atoms with E-state index in [1.54, 1.807) is 7.11 Å². The lowest BCUT2D eigenvalue weighted by atomic mass is 9.94. The maximum absolute atomic E-state index is 5.23. The molecule has 0 saturated heterocycles. The number of hydrogen-bond donors (Lipinski definition) is 0. The Labute approximate surface area is 138 Å². The van der Waals surface area contributed by atoms with E-state index < -0.39 is 0 Å². The highest BCUT2D eigenvalue weighted by Gasteiger charge is 2.19. The second kappa shape index (κ2) is 7.19. The van der Waals surface area contributed by atoms with Gasteiger partial charge >= 0.3 is 0 Å². The molecule has 118 valence electrons. The fourth-order valence-electron chi connectivity index (χ4n) is 3.06. The van der Waals surface area contributed by atoms with E-state index in [9.17, 15) is 0 Å². The summed E-state index contributed by atoms with van der Waals surface area (Å²) in [5.74, 6) is 0.896. The molecule has 0 N–H and O–H groups in total. The molecule has 1 aliphatic rings. The molecule has 0 bridgehead atoms. The van der Waals surface area contributed by atoms with E-state index in [-0.39, 0.29) is 0 Å². The lowest BCUT2D eigenvalue weighted by Gasteiger charge is -2.34. The molecule has 2 aromatic carbocycles. The molecule has 23 heavy (non-hydrogen) atoms. The van der Waals surface area contributed by atoms with Gasteiger partial charge in [0.2, 0.25) is 0 Å². The highest BCUT2D eigenvalue weighted by Crippen LogP contribution is 2.29. The van der Waals surface area contributed by atoms with Crippen molar-refractivity contribution in [2.45, 2.75) is 25.4 Å². The van der Waals surface area contributed by atoms with E-state index in [0.29, 0.717) is 6.04 Å². The standard InChI is InChI=1S/C21H23NO/c1-3-20-12-11-19(18-7-5-4-6-8-18)16-22(20)15-17-9-13-21(23-2)14-10-17/h3-10,13-14,16,20H,1,11-12,15H2,2H3/t20-/m0/s1. The Balaban J connectivity index is 1.82. The predicted molar refractivity (Wildman–Crippen MR) is 96.2 cm³/mol. The van der Waals surface area contributed by atoms with Gasteiger partial charge in [0.05, 0.1) is 7.11 Å². The first-order valence-electron chi connectivity index (χ1n) is 8.07. The largest absolute Gasteiger partial charge is 0.497 e. The van der Waals surface area contributed by atoms with Crippen LogP contribution in [0.1, 0.15) is 24.0 Å². The normalized spacial score (nSPS) is 17.5. The van der Waals surface area contributed by atoms with Crippen LogP contribution in [0.25, 0.3) is 5.57 Å². The predicted octanol–water partition coefficient (Wildman–Crippen LogP) is 4.89. The first kappa shape index (κ1) is 15.4. The van der Waals surface area contributed by atoms with Gasteiger partial charge in [-0.15, -0.1) is 6.58 Å². The molecule has 0 radical (unpaired) electrons. The summed E-state index contributed by atoms with van der Waals surface area (Å²) in [7, 11) is 1.70. The minimum atomic E-state index is 0.393. The molecule has 0 amide bonds. The van der Waals surface area contributed by atoms with Crippen LogP contribution in [0.15, 0.2) is 73.5 Å². The van der Waals surface area contributed by atoms with Gasteiger partial charge in [0, 0.05) is 18.8 Å². The summed E-state index contributed by atoms with van der Waals surface area (Å²) < 4.78 is 5.23. The van der Waals surface area contributed by atoms with E-state index in [0.717, 1.165) is 25.1 Å². The molecule has 2 nitrogen and oxygen atoms in total. The van der Waals surface area contributed by atoms with Crippen molar-refractivity contribution in [3.63, 3.8) is 0 Å². The van der Waals surface area contributed by atoms with Gasteiger partial charge in [-0.2, -0.15) is 0 Å². The minimum Gasteiger partial charge on any atom is -0.497 e. The summed E-state index contributed by atoms with van der Waals surface area (Å²) in [5, 5.41) is 0. The molecule has 0 spiro atoms. The number of methoxy groups -OCH3 is 1. The molecule has 0 aromatic heterocycles. The van der Waals surface area contributed by atoms with Crippen LogP contribution in [0.4, 0.5) is 0 Å². The van der Waals surface area contributed by atoms with Crippen LogP contribution >= 0.6 is 0 Å². The summed E-state index contributed by atoms with van der Waals surface area (Å²) in [5.41, 5.74) is 4.00. The lowest BCUT2D eigenvalue weighted by molar-refractivity contribution is 0.289. The van der Waals surface area contributed by atoms with Crippen LogP contribution in [0.2, 0.25) is 0 Å². The molecular weight excluding hydrogens is 282 g/mol. The van der Waals surface area contributed by atoms with Gasteiger partial charge in [-0.3, -0.25) is 0 Å². The average molecular weight is 305 g/mol. The highest BCUT2D eigenvalue weighted by atomic mass is 16.5. The van der Waals surface area contributed by atoms with Crippen LogP contribution in [0.3, 0.4) is 0 Å². The van der Waals surface area contributed by atoms with Crippen LogP contribution in [0, 0.1) is 0 Å². The summed E-state index contributed by atoms with van der Waals surface area (Å²) in [6.45, 7) is 4.90. The molecule has 2 heteroatoms. The number of ether oxygens (including phenoxy) is 1. The van der Waals surface area contributed by atoms with E-state index in [2.05, 4.69) is 66.2 Å². The fourth-order valence-corrected chi connectivity index (χ4v) is 3.06. The van der Waals surface area contributed by atoms with Crippen LogP contribution in [0.5, 0.6) is 5.75 Å². The molecule has 0 unspecified atom stereocenters. The third-order valence-electron chi connectivity index (χ3n) is 4.40. The monoisotopic (exact) mass is 305 g/mol. The SMILES string of the molecule is C=C[C@H]1CCC(c2ccccc2)=CN1Cc1ccc(OC)cc1. The molecular formula is C21H23NO. The van der Waals surface area contributed by atoms with Crippen molar-refractivity contribution in [2.75, 3.05) is 7.11 Å². The van der Waals surface area contributed by atoms with Gasteiger partial charge in [-0.25, -0.2) is 0 Å².